The molecule has 1 amide bonds. The minimum Gasteiger partial charge on any atom is -0.497 e. The molecule has 2 aromatic carbocycles. The Kier molecular flexibility index (Phi) is 4.75. The Morgan fingerprint density at radius 3 is 2.42 bits per heavy atom. The average Bonchev–Trinajstić information content (AvgIpc) is 2.99. The van der Waals surface area contributed by atoms with Gasteiger partial charge in [-0.15, -0.1) is 5.10 Å². The van der Waals surface area contributed by atoms with Crippen LogP contribution in [0.4, 0.5) is 5.69 Å². The zero-order valence-corrected chi connectivity index (χ0v) is 15.6. The molecule has 0 saturated carbocycles. The van der Waals surface area contributed by atoms with Crippen LogP contribution in [0.2, 0.25) is 0 Å². The van der Waals surface area contributed by atoms with Crippen LogP contribution in [0.5, 0.6) is 5.75 Å². The van der Waals surface area contributed by atoms with Gasteiger partial charge in [-0.3, -0.25) is 4.79 Å². The summed E-state index contributed by atoms with van der Waals surface area (Å²) in [5, 5.41) is 11.2. The second-order valence-corrected chi connectivity index (χ2v) is 6.36. The third kappa shape index (κ3) is 3.31. The van der Waals surface area contributed by atoms with Crippen molar-refractivity contribution in [2.75, 3.05) is 12.4 Å². The Balaban J connectivity index is 1.91. The van der Waals surface area contributed by atoms with Crippen LogP contribution < -0.4 is 10.1 Å². The summed E-state index contributed by atoms with van der Waals surface area (Å²) in [6.45, 7) is 7.82. The number of nitrogens with zero attached hydrogens (tertiary/aromatic N) is 3. The van der Waals surface area contributed by atoms with Gasteiger partial charge in [-0.25, -0.2) is 4.68 Å². The first-order valence-corrected chi connectivity index (χ1v) is 8.36. The molecule has 0 saturated heterocycles. The third-order valence-electron chi connectivity index (χ3n) is 4.32. The van der Waals surface area contributed by atoms with E-state index >= 15 is 0 Å². The summed E-state index contributed by atoms with van der Waals surface area (Å²) in [7, 11) is 1.61. The maximum atomic E-state index is 12.7. The molecule has 1 heterocycles. The lowest BCUT2D eigenvalue weighted by atomic mass is 10.0. The number of anilines is 1. The number of carbonyl (C=O) groups excluding carboxylic acids is 1. The molecule has 3 aromatic rings. The Hall–Kier alpha value is -3.15. The summed E-state index contributed by atoms with van der Waals surface area (Å²) in [5.41, 5.74) is 5.78. The van der Waals surface area contributed by atoms with E-state index in [9.17, 15) is 4.79 Å². The summed E-state index contributed by atoms with van der Waals surface area (Å²) < 4.78 is 6.88. The van der Waals surface area contributed by atoms with Crippen molar-refractivity contribution in [2.24, 2.45) is 0 Å². The summed E-state index contributed by atoms with van der Waals surface area (Å²) in [6.07, 6.45) is 0. The first-order valence-electron chi connectivity index (χ1n) is 8.36. The zero-order chi connectivity index (χ0) is 18.8. The van der Waals surface area contributed by atoms with E-state index in [2.05, 4.69) is 15.6 Å². The van der Waals surface area contributed by atoms with Crippen molar-refractivity contribution < 1.29 is 9.53 Å². The molecule has 0 unspecified atom stereocenters. The lowest BCUT2D eigenvalue weighted by Crippen LogP contribution is -2.16. The van der Waals surface area contributed by atoms with E-state index in [1.54, 1.807) is 11.8 Å². The standard InChI is InChI=1S/C20H22N4O2/c1-12-9-13(2)18(14(3)10-12)21-20(25)19-15(4)24(23-22-19)16-7-6-8-17(11-16)26-5/h6-11H,1-5H3,(H,21,25). The number of methoxy groups -OCH3 is 1. The highest BCUT2D eigenvalue weighted by molar-refractivity contribution is 6.04. The number of aromatic nitrogens is 3. The van der Waals surface area contributed by atoms with Gasteiger partial charge in [0.2, 0.25) is 0 Å². The van der Waals surface area contributed by atoms with Gasteiger partial charge in [-0.05, 0) is 51.0 Å². The molecular weight excluding hydrogens is 328 g/mol. The molecule has 26 heavy (non-hydrogen) atoms. The third-order valence-corrected chi connectivity index (χ3v) is 4.32. The monoisotopic (exact) mass is 350 g/mol. The smallest absolute Gasteiger partial charge is 0.278 e. The Morgan fingerprint density at radius 1 is 1.08 bits per heavy atom. The van der Waals surface area contributed by atoms with Gasteiger partial charge in [0.1, 0.15) is 5.75 Å². The van der Waals surface area contributed by atoms with E-state index in [1.165, 1.54) is 0 Å². The maximum absolute atomic E-state index is 12.7. The van der Waals surface area contributed by atoms with E-state index in [0.717, 1.165) is 28.1 Å². The quantitative estimate of drug-likeness (QED) is 0.778. The van der Waals surface area contributed by atoms with Crippen LogP contribution in [-0.4, -0.2) is 28.0 Å². The van der Waals surface area contributed by atoms with Crippen molar-refractivity contribution in [3.05, 3.63) is 64.5 Å². The van der Waals surface area contributed by atoms with Gasteiger partial charge in [-0.2, -0.15) is 0 Å². The number of hydrogen-bond acceptors (Lipinski definition) is 4. The topological polar surface area (TPSA) is 69.0 Å². The molecule has 0 atom stereocenters. The van der Waals surface area contributed by atoms with Gasteiger partial charge in [0, 0.05) is 11.8 Å². The number of hydrogen-bond donors (Lipinski definition) is 1. The van der Waals surface area contributed by atoms with Crippen LogP contribution >= 0.6 is 0 Å². The van der Waals surface area contributed by atoms with Crippen LogP contribution in [0.15, 0.2) is 36.4 Å². The normalized spacial score (nSPS) is 10.7. The Labute approximate surface area is 152 Å². The Morgan fingerprint density at radius 2 is 1.77 bits per heavy atom. The van der Waals surface area contributed by atoms with Gasteiger partial charge in [0.15, 0.2) is 5.69 Å². The van der Waals surface area contributed by atoms with Crippen molar-refractivity contribution in [3.63, 3.8) is 0 Å². The molecular formula is C20H22N4O2. The second kappa shape index (κ2) is 7.00. The second-order valence-electron chi connectivity index (χ2n) is 6.36. The van der Waals surface area contributed by atoms with Gasteiger partial charge < -0.3 is 10.1 Å². The highest BCUT2D eigenvalue weighted by Crippen LogP contribution is 2.23. The molecule has 0 spiro atoms. The van der Waals surface area contributed by atoms with Crippen molar-refractivity contribution in [2.45, 2.75) is 27.7 Å². The molecule has 0 aliphatic heterocycles. The van der Waals surface area contributed by atoms with E-state index in [-0.39, 0.29) is 5.91 Å². The maximum Gasteiger partial charge on any atom is 0.278 e. The molecule has 0 radical (unpaired) electrons. The first kappa shape index (κ1) is 17.7. The van der Waals surface area contributed by atoms with Crippen LogP contribution in [0.3, 0.4) is 0 Å². The number of nitrogens with one attached hydrogen (secondary N) is 1. The molecule has 0 fully saturated rings. The molecule has 1 aromatic heterocycles. The highest BCUT2D eigenvalue weighted by Gasteiger charge is 2.19. The summed E-state index contributed by atoms with van der Waals surface area (Å²) in [5.74, 6) is 0.445. The van der Waals surface area contributed by atoms with E-state index in [0.29, 0.717) is 17.1 Å². The molecule has 1 N–H and O–H groups in total. The summed E-state index contributed by atoms with van der Waals surface area (Å²) in [4.78, 5) is 12.7. The van der Waals surface area contributed by atoms with Gasteiger partial charge in [0.05, 0.1) is 18.5 Å². The van der Waals surface area contributed by atoms with Gasteiger partial charge >= 0.3 is 0 Å². The van der Waals surface area contributed by atoms with Crippen molar-refractivity contribution in [1.29, 1.82) is 0 Å². The molecule has 134 valence electrons. The van der Waals surface area contributed by atoms with Crippen molar-refractivity contribution in [1.82, 2.24) is 15.0 Å². The fourth-order valence-corrected chi connectivity index (χ4v) is 3.08. The predicted octanol–water partition coefficient (Wildman–Crippen LogP) is 3.76. The molecule has 6 nitrogen and oxygen atoms in total. The summed E-state index contributed by atoms with van der Waals surface area (Å²) >= 11 is 0. The van der Waals surface area contributed by atoms with Gasteiger partial charge in [-0.1, -0.05) is 29.0 Å². The molecule has 0 aliphatic rings. The minimum atomic E-state index is -0.272. The van der Waals surface area contributed by atoms with Crippen LogP contribution in [0.1, 0.15) is 32.9 Å². The average molecular weight is 350 g/mol. The van der Waals surface area contributed by atoms with Crippen LogP contribution in [-0.2, 0) is 0 Å². The van der Waals surface area contributed by atoms with Crippen LogP contribution in [0, 0.1) is 27.7 Å². The molecule has 0 aliphatic carbocycles. The predicted molar refractivity (Wildman–Crippen MR) is 101 cm³/mol. The molecule has 0 bridgehead atoms. The van der Waals surface area contributed by atoms with E-state index < -0.39 is 0 Å². The largest absolute Gasteiger partial charge is 0.497 e. The SMILES string of the molecule is COc1cccc(-n2nnc(C(=O)Nc3c(C)cc(C)cc3C)c2C)c1. The van der Waals surface area contributed by atoms with Crippen molar-refractivity contribution in [3.8, 4) is 11.4 Å². The number of benzene rings is 2. The van der Waals surface area contributed by atoms with E-state index in [1.807, 2.05) is 64.1 Å². The first-order chi connectivity index (χ1) is 12.4. The number of amides is 1. The number of aryl methyl sites for hydroxylation is 3. The number of ether oxygens (including phenoxy) is 1. The van der Waals surface area contributed by atoms with Gasteiger partial charge in [0.25, 0.3) is 5.91 Å². The van der Waals surface area contributed by atoms with Crippen LogP contribution in [0.25, 0.3) is 5.69 Å². The van der Waals surface area contributed by atoms with E-state index in [4.69, 9.17) is 4.74 Å². The number of rotatable bonds is 4. The fraction of sp³-hybridized carbons (Fsp3) is 0.250. The van der Waals surface area contributed by atoms with Crippen molar-refractivity contribution >= 4 is 11.6 Å². The minimum absolute atomic E-state index is 0.272. The number of carbonyl (C=O) groups is 1. The summed E-state index contributed by atoms with van der Waals surface area (Å²) in [6, 6.07) is 11.5. The Bertz CT molecular complexity index is 953. The highest BCUT2D eigenvalue weighted by atomic mass is 16.5. The molecule has 6 heteroatoms. The lowest BCUT2D eigenvalue weighted by Gasteiger charge is -2.12. The molecule has 3 rings (SSSR count). The fourth-order valence-electron chi connectivity index (χ4n) is 3.08. The lowest BCUT2D eigenvalue weighted by molar-refractivity contribution is 0.102. The zero-order valence-electron chi connectivity index (χ0n) is 15.6.